The van der Waals surface area contributed by atoms with Gasteiger partial charge in [0.05, 0.1) is 28.2 Å². The van der Waals surface area contributed by atoms with E-state index in [-0.39, 0.29) is 35.1 Å². The smallest absolute Gasteiger partial charge is 0.416 e. The first-order chi connectivity index (χ1) is 18.4. The molecule has 0 spiro atoms. The van der Waals surface area contributed by atoms with Crippen LogP contribution in [0.2, 0.25) is 0 Å². The van der Waals surface area contributed by atoms with E-state index in [1.165, 1.54) is 16.8 Å². The Morgan fingerprint density at radius 1 is 0.923 bits per heavy atom. The molecule has 5 nitrogen and oxygen atoms in total. The summed E-state index contributed by atoms with van der Waals surface area (Å²) >= 11 is 0. The third kappa shape index (κ3) is 6.23. The van der Waals surface area contributed by atoms with Crippen LogP contribution < -0.4 is 9.84 Å². The molecule has 0 N–H and O–H groups in total. The highest BCUT2D eigenvalue weighted by Crippen LogP contribution is 2.38. The number of benzene rings is 3. The molecule has 0 saturated carbocycles. The molecule has 1 aromatic heterocycles. The van der Waals surface area contributed by atoms with Crippen LogP contribution in [-0.4, -0.2) is 10.5 Å². The van der Waals surface area contributed by atoms with E-state index in [1.54, 1.807) is 42.5 Å². The fourth-order valence-electron chi connectivity index (χ4n) is 4.04. The van der Waals surface area contributed by atoms with Crippen molar-refractivity contribution in [2.75, 3.05) is 0 Å². The molecule has 200 valence electrons. The van der Waals surface area contributed by atoms with E-state index < -0.39 is 41.6 Å². The van der Waals surface area contributed by atoms with Crippen molar-refractivity contribution in [2.45, 2.75) is 25.5 Å². The van der Waals surface area contributed by atoms with Crippen molar-refractivity contribution < 1.29 is 41.0 Å². The molecular weight excluding hydrogens is 526 g/mol. The number of aliphatic carboxylic acids is 1. The standard InChI is InChI=1S/C28H18F6N2O3/c29-27(30,31)21-9-18(10-22(12-21)28(32,33)34)14-36-15-20(11-19(13-35)26(37)38)23-7-4-8-24(25(23)36)39-16-17-5-2-1-3-6-17/h1-12,15H,14,16H2,(H,37,38)/p-1/b19-11+. The Hall–Kier alpha value is -4.72. The highest BCUT2D eigenvalue weighted by Gasteiger charge is 2.37. The van der Waals surface area contributed by atoms with Gasteiger partial charge in [0, 0.05) is 23.7 Å². The third-order valence-electron chi connectivity index (χ3n) is 5.77. The summed E-state index contributed by atoms with van der Waals surface area (Å²) in [6.07, 6.45) is -7.71. The molecule has 4 aromatic rings. The second kappa shape index (κ2) is 10.6. The molecule has 0 radical (unpaired) electrons. The molecular formula is C28H17F6N2O3-. The van der Waals surface area contributed by atoms with E-state index in [4.69, 9.17) is 10.00 Å². The molecule has 4 rings (SSSR count). The lowest BCUT2D eigenvalue weighted by atomic mass is 10.0. The average molecular weight is 543 g/mol. The summed E-state index contributed by atoms with van der Waals surface area (Å²) < 4.78 is 87.8. The van der Waals surface area contributed by atoms with Gasteiger partial charge in [0.15, 0.2) is 0 Å². The Balaban J connectivity index is 1.88. The average Bonchev–Trinajstić information content (AvgIpc) is 3.22. The molecule has 0 bridgehead atoms. The second-order valence-corrected chi connectivity index (χ2v) is 8.51. The first-order valence-electron chi connectivity index (χ1n) is 11.3. The topological polar surface area (TPSA) is 78.1 Å². The summed E-state index contributed by atoms with van der Waals surface area (Å²) in [5, 5.41) is 20.8. The number of nitriles is 1. The van der Waals surface area contributed by atoms with Crippen molar-refractivity contribution >= 4 is 22.9 Å². The number of para-hydroxylation sites is 1. The quantitative estimate of drug-likeness (QED) is 0.164. The Kier molecular flexibility index (Phi) is 7.40. The number of carbonyl (C=O) groups excluding carboxylic acids is 1. The Morgan fingerprint density at radius 2 is 1.56 bits per heavy atom. The minimum Gasteiger partial charge on any atom is -0.544 e. The molecule has 0 aliphatic rings. The number of aromatic nitrogens is 1. The van der Waals surface area contributed by atoms with Gasteiger partial charge in [-0.15, -0.1) is 0 Å². The van der Waals surface area contributed by atoms with Crippen LogP contribution in [0, 0.1) is 11.3 Å². The summed E-state index contributed by atoms with van der Waals surface area (Å²) in [6, 6.07) is 16.5. The molecule has 11 heteroatoms. The Labute approximate surface area is 217 Å². The Bertz CT molecular complexity index is 1560. The lowest BCUT2D eigenvalue weighted by molar-refractivity contribution is -0.298. The van der Waals surface area contributed by atoms with E-state index in [2.05, 4.69) is 0 Å². The van der Waals surface area contributed by atoms with Gasteiger partial charge in [-0.3, -0.25) is 0 Å². The van der Waals surface area contributed by atoms with Crippen LogP contribution >= 0.6 is 0 Å². The van der Waals surface area contributed by atoms with Crippen molar-refractivity contribution in [1.29, 1.82) is 5.26 Å². The summed E-state index contributed by atoms with van der Waals surface area (Å²) in [6.45, 7) is -0.350. The fourth-order valence-corrected chi connectivity index (χ4v) is 4.04. The normalized spacial score (nSPS) is 12.4. The maximum absolute atomic E-state index is 13.4. The van der Waals surface area contributed by atoms with Crippen molar-refractivity contribution in [3.05, 3.63) is 106 Å². The van der Waals surface area contributed by atoms with Crippen molar-refractivity contribution in [3.63, 3.8) is 0 Å². The van der Waals surface area contributed by atoms with E-state index in [9.17, 15) is 36.2 Å². The van der Waals surface area contributed by atoms with Crippen LogP contribution in [0.15, 0.2) is 78.5 Å². The zero-order chi connectivity index (χ0) is 28.4. The lowest BCUT2D eigenvalue weighted by Gasteiger charge is -2.16. The maximum Gasteiger partial charge on any atom is 0.416 e. The van der Waals surface area contributed by atoms with Gasteiger partial charge in [-0.1, -0.05) is 42.5 Å². The molecule has 0 fully saturated rings. The zero-order valence-corrected chi connectivity index (χ0v) is 19.8. The summed E-state index contributed by atoms with van der Waals surface area (Å²) in [4.78, 5) is 11.3. The first kappa shape index (κ1) is 27.3. The second-order valence-electron chi connectivity index (χ2n) is 8.51. The first-order valence-corrected chi connectivity index (χ1v) is 11.3. The van der Waals surface area contributed by atoms with Gasteiger partial charge in [-0.2, -0.15) is 31.6 Å². The summed E-state index contributed by atoms with van der Waals surface area (Å²) in [7, 11) is 0. The minimum absolute atomic E-state index is 0.0406. The summed E-state index contributed by atoms with van der Waals surface area (Å²) in [5.74, 6) is -1.51. The molecule has 0 atom stereocenters. The lowest BCUT2D eigenvalue weighted by Crippen LogP contribution is -2.23. The van der Waals surface area contributed by atoms with E-state index >= 15 is 0 Å². The molecule has 0 amide bonds. The van der Waals surface area contributed by atoms with Crippen molar-refractivity contribution in [2.24, 2.45) is 0 Å². The number of alkyl halides is 6. The molecule has 0 unspecified atom stereocenters. The van der Waals surface area contributed by atoms with Crippen LogP contribution in [0.3, 0.4) is 0 Å². The molecule has 0 saturated heterocycles. The highest BCUT2D eigenvalue weighted by molar-refractivity contribution is 6.00. The van der Waals surface area contributed by atoms with Crippen LogP contribution in [0.4, 0.5) is 26.3 Å². The SMILES string of the molecule is N#C/C(=C\c1cn(Cc2cc(C(F)(F)F)cc(C(F)(F)F)c2)c2c(OCc3ccccc3)cccc12)C(=O)[O-]. The number of halogens is 6. The van der Waals surface area contributed by atoms with Gasteiger partial charge in [0.25, 0.3) is 0 Å². The van der Waals surface area contributed by atoms with Crippen molar-refractivity contribution in [1.82, 2.24) is 4.57 Å². The van der Waals surface area contributed by atoms with Gasteiger partial charge in [0.1, 0.15) is 18.4 Å². The summed E-state index contributed by atoms with van der Waals surface area (Å²) in [5.41, 5.74) is -2.70. The van der Waals surface area contributed by atoms with E-state index in [1.807, 2.05) is 6.07 Å². The molecule has 39 heavy (non-hydrogen) atoms. The number of carbonyl (C=O) groups is 1. The van der Waals surface area contributed by atoms with Gasteiger partial charge in [-0.05, 0) is 41.5 Å². The Morgan fingerprint density at radius 3 is 2.13 bits per heavy atom. The third-order valence-corrected chi connectivity index (χ3v) is 5.77. The van der Waals surface area contributed by atoms with E-state index in [0.717, 1.165) is 11.6 Å². The number of fused-ring (bicyclic) bond motifs is 1. The van der Waals surface area contributed by atoms with Crippen LogP contribution in [0.25, 0.3) is 17.0 Å². The van der Waals surface area contributed by atoms with Gasteiger partial charge < -0.3 is 19.2 Å². The number of rotatable bonds is 7. The number of hydrogen-bond acceptors (Lipinski definition) is 4. The van der Waals surface area contributed by atoms with Crippen LogP contribution in [-0.2, 0) is 30.3 Å². The molecule has 3 aromatic carbocycles. The number of nitrogens with zero attached hydrogens (tertiary/aromatic N) is 2. The maximum atomic E-state index is 13.4. The monoisotopic (exact) mass is 543 g/mol. The molecule has 1 heterocycles. The predicted molar refractivity (Wildman–Crippen MR) is 127 cm³/mol. The zero-order valence-electron chi connectivity index (χ0n) is 19.8. The van der Waals surface area contributed by atoms with E-state index in [0.29, 0.717) is 17.5 Å². The number of hydrogen-bond donors (Lipinski definition) is 0. The van der Waals surface area contributed by atoms with Crippen LogP contribution in [0.5, 0.6) is 5.75 Å². The predicted octanol–water partition coefficient (Wildman–Crippen LogP) is 5.96. The van der Waals surface area contributed by atoms with Gasteiger partial charge in [-0.25, -0.2) is 0 Å². The van der Waals surface area contributed by atoms with Crippen molar-refractivity contribution in [3.8, 4) is 11.8 Å². The number of carboxylic acids is 1. The molecule has 0 aliphatic carbocycles. The highest BCUT2D eigenvalue weighted by atomic mass is 19.4. The largest absolute Gasteiger partial charge is 0.544 e. The van der Waals surface area contributed by atoms with Crippen LogP contribution in [0.1, 0.15) is 27.8 Å². The number of carboxylic acid groups (broad SMARTS) is 1. The fraction of sp³-hybridized carbons (Fsp3) is 0.143. The minimum atomic E-state index is -5.02. The van der Waals surface area contributed by atoms with Gasteiger partial charge in [0.2, 0.25) is 0 Å². The number of ether oxygens (including phenoxy) is 1. The molecule has 0 aliphatic heterocycles. The van der Waals surface area contributed by atoms with Gasteiger partial charge >= 0.3 is 12.4 Å².